The number of rotatable bonds is 14. The molecule has 0 fully saturated rings. The molecule has 0 saturated heterocycles. The summed E-state index contributed by atoms with van der Waals surface area (Å²) >= 11 is 0. The molecule has 0 aromatic rings. The summed E-state index contributed by atoms with van der Waals surface area (Å²) in [6.07, 6.45) is 1.49. The Morgan fingerprint density at radius 3 is 1.81 bits per heavy atom. The normalized spacial score (nSPS) is 15.7. The van der Waals surface area contributed by atoms with Gasteiger partial charge in [-0.25, -0.2) is 0 Å². The van der Waals surface area contributed by atoms with E-state index in [4.69, 9.17) is 0 Å². The minimum atomic E-state index is -1.31. The van der Waals surface area contributed by atoms with Crippen molar-refractivity contribution >= 4 is 17.9 Å². The fraction of sp³-hybridized carbons (Fsp3) is 0.824. The summed E-state index contributed by atoms with van der Waals surface area (Å²) in [7, 11) is 0. The SMILES string of the molecule is CCCCC(O)CN(CCN(C(C)C(=O)O)C(C)C(=O)O)C(C)C(=O)[O-].[Li+]. The number of hydrogen-bond acceptors (Lipinski definition) is 7. The van der Waals surface area contributed by atoms with E-state index in [1.807, 2.05) is 6.92 Å². The van der Waals surface area contributed by atoms with Gasteiger partial charge in [-0.1, -0.05) is 19.8 Å². The first-order chi connectivity index (χ1) is 12.0. The molecule has 0 heterocycles. The van der Waals surface area contributed by atoms with Gasteiger partial charge in [-0.2, -0.15) is 0 Å². The number of carbonyl (C=O) groups is 3. The van der Waals surface area contributed by atoms with Gasteiger partial charge in [0, 0.05) is 25.7 Å². The molecule has 0 rings (SSSR count). The van der Waals surface area contributed by atoms with Crippen molar-refractivity contribution in [3.63, 3.8) is 0 Å². The predicted molar refractivity (Wildman–Crippen MR) is 92.5 cm³/mol. The number of carbonyl (C=O) groups excluding carboxylic acids is 1. The van der Waals surface area contributed by atoms with E-state index in [-0.39, 0.29) is 38.5 Å². The zero-order valence-electron chi connectivity index (χ0n) is 16.9. The quantitative estimate of drug-likeness (QED) is 0.258. The van der Waals surface area contributed by atoms with E-state index in [1.165, 1.54) is 30.6 Å². The van der Waals surface area contributed by atoms with Crippen LogP contribution in [0.2, 0.25) is 0 Å². The molecule has 4 unspecified atom stereocenters. The maximum absolute atomic E-state index is 11.3. The van der Waals surface area contributed by atoms with Crippen LogP contribution in [0.1, 0.15) is 47.0 Å². The van der Waals surface area contributed by atoms with Gasteiger partial charge in [0.15, 0.2) is 0 Å². The van der Waals surface area contributed by atoms with Gasteiger partial charge in [0.1, 0.15) is 12.1 Å². The van der Waals surface area contributed by atoms with E-state index in [9.17, 15) is 34.8 Å². The predicted octanol–water partition coefficient (Wildman–Crippen LogP) is -3.77. The number of carboxylic acid groups (broad SMARTS) is 3. The number of aliphatic hydroxyl groups excluding tert-OH is 1. The van der Waals surface area contributed by atoms with Gasteiger partial charge >= 0.3 is 30.8 Å². The average molecular weight is 382 g/mol. The minimum Gasteiger partial charge on any atom is -0.548 e. The molecule has 4 atom stereocenters. The molecule has 0 saturated carbocycles. The van der Waals surface area contributed by atoms with E-state index in [0.717, 1.165) is 12.8 Å². The number of carboxylic acids is 3. The fourth-order valence-electron chi connectivity index (χ4n) is 2.64. The van der Waals surface area contributed by atoms with Crippen LogP contribution in [0.3, 0.4) is 0 Å². The number of unbranched alkanes of at least 4 members (excludes halogenated alkanes) is 1. The summed E-state index contributed by atoms with van der Waals surface area (Å²) in [6, 6.07) is -3.09. The Morgan fingerprint density at radius 1 is 0.963 bits per heavy atom. The molecule has 0 bridgehead atoms. The molecular formula is C17H31LiN2O7. The van der Waals surface area contributed by atoms with Crippen LogP contribution in [0.4, 0.5) is 0 Å². The zero-order valence-corrected chi connectivity index (χ0v) is 16.9. The van der Waals surface area contributed by atoms with Gasteiger partial charge in [0.05, 0.1) is 12.1 Å². The Kier molecular flexibility index (Phi) is 14.5. The van der Waals surface area contributed by atoms with E-state index in [2.05, 4.69) is 0 Å². The maximum atomic E-state index is 11.3. The minimum absolute atomic E-state index is 0. The first kappa shape index (κ1) is 28.1. The molecule has 0 aromatic heterocycles. The van der Waals surface area contributed by atoms with Gasteiger partial charge in [-0.05, 0) is 27.2 Å². The Bertz CT molecular complexity index is 458. The van der Waals surface area contributed by atoms with E-state index in [0.29, 0.717) is 6.42 Å². The van der Waals surface area contributed by atoms with Crippen LogP contribution in [-0.4, -0.2) is 86.9 Å². The number of nitrogens with zero attached hydrogens (tertiary/aromatic N) is 2. The third kappa shape index (κ3) is 10.1. The van der Waals surface area contributed by atoms with Crippen LogP contribution >= 0.6 is 0 Å². The summed E-state index contributed by atoms with van der Waals surface area (Å²) in [4.78, 5) is 36.5. The second-order valence-electron chi connectivity index (χ2n) is 6.55. The van der Waals surface area contributed by atoms with Crippen molar-refractivity contribution in [3.8, 4) is 0 Å². The van der Waals surface area contributed by atoms with Crippen molar-refractivity contribution < 1.29 is 53.7 Å². The largest absolute Gasteiger partial charge is 1.00 e. The van der Waals surface area contributed by atoms with E-state index < -0.39 is 42.1 Å². The van der Waals surface area contributed by atoms with Crippen LogP contribution in [-0.2, 0) is 14.4 Å². The molecule has 152 valence electrons. The maximum Gasteiger partial charge on any atom is 1.00 e. The van der Waals surface area contributed by atoms with Crippen molar-refractivity contribution in [3.05, 3.63) is 0 Å². The monoisotopic (exact) mass is 382 g/mol. The van der Waals surface area contributed by atoms with Crippen molar-refractivity contribution in [2.75, 3.05) is 19.6 Å². The van der Waals surface area contributed by atoms with Gasteiger partial charge in [0.25, 0.3) is 0 Å². The molecule has 10 heteroatoms. The summed E-state index contributed by atoms with van der Waals surface area (Å²) in [5, 5.41) is 39.7. The number of hydrogen-bond donors (Lipinski definition) is 3. The van der Waals surface area contributed by atoms with Crippen LogP contribution in [0, 0.1) is 0 Å². The Hall–Kier alpha value is -1.11. The van der Waals surface area contributed by atoms with Crippen molar-refractivity contribution in [2.24, 2.45) is 0 Å². The molecule has 0 amide bonds. The smallest absolute Gasteiger partial charge is 0.548 e. The van der Waals surface area contributed by atoms with Gasteiger partial charge < -0.3 is 25.2 Å². The molecular weight excluding hydrogens is 351 g/mol. The summed E-state index contributed by atoms with van der Waals surface area (Å²) in [5.41, 5.74) is 0. The third-order valence-electron chi connectivity index (χ3n) is 4.58. The second kappa shape index (κ2) is 14.0. The molecule has 0 radical (unpaired) electrons. The summed E-state index contributed by atoms with van der Waals surface area (Å²) < 4.78 is 0. The number of aliphatic hydroxyl groups is 1. The summed E-state index contributed by atoms with van der Waals surface area (Å²) in [6.45, 7) is 6.37. The molecule has 3 N–H and O–H groups in total. The first-order valence-electron chi connectivity index (χ1n) is 8.87. The Labute approximate surface area is 172 Å². The van der Waals surface area contributed by atoms with Gasteiger partial charge in [-0.3, -0.25) is 19.4 Å². The molecule has 0 aliphatic carbocycles. The Balaban J connectivity index is 0. The van der Waals surface area contributed by atoms with E-state index in [1.54, 1.807) is 0 Å². The van der Waals surface area contributed by atoms with Crippen LogP contribution < -0.4 is 24.0 Å². The summed E-state index contributed by atoms with van der Waals surface area (Å²) in [5.74, 6) is -3.64. The van der Waals surface area contributed by atoms with E-state index >= 15 is 0 Å². The van der Waals surface area contributed by atoms with Crippen molar-refractivity contribution in [1.29, 1.82) is 0 Å². The molecule has 9 nitrogen and oxygen atoms in total. The topological polar surface area (TPSA) is 141 Å². The fourth-order valence-corrected chi connectivity index (χ4v) is 2.64. The standard InChI is InChI=1S/C17H32N2O7.Li/c1-5-6-7-14(20)10-18(11(2)15(21)22)8-9-19(12(3)16(23)24)13(4)17(25)26;/h11-14,20H,5-10H2,1-4H3,(H,21,22)(H,23,24)(H,25,26);/q;+1/p-1. The second-order valence-corrected chi connectivity index (χ2v) is 6.55. The first-order valence-corrected chi connectivity index (χ1v) is 8.87. The van der Waals surface area contributed by atoms with Gasteiger partial charge in [0.2, 0.25) is 0 Å². The molecule has 27 heavy (non-hydrogen) atoms. The van der Waals surface area contributed by atoms with Crippen molar-refractivity contribution in [2.45, 2.75) is 71.2 Å². The van der Waals surface area contributed by atoms with Crippen LogP contribution in [0.5, 0.6) is 0 Å². The van der Waals surface area contributed by atoms with Crippen molar-refractivity contribution in [1.82, 2.24) is 9.80 Å². The molecule has 0 aliphatic heterocycles. The van der Waals surface area contributed by atoms with Crippen LogP contribution in [0.15, 0.2) is 0 Å². The average Bonchev–Trinajstić information content (AvgIpc) is 2.57. The zero-order chi connectivity index (χ0) is 20.4. The van der Waals surface area contributed by atoms with Gasteiger partial charge in [-0.15, -0.1) is 0 Å². The third-order valence-corrected chi connectivity index (χ3v) is 4.58. The molecule has 0 spiro atoms. The molecule has 0 aliphatic rings. The van der Waals surface area contributed by atoms with Crippen LogP contribution in [0.25, 0.3) is 0 Å². The number of aliphatic carboxylic acids is 3. The Morgan fingerprint density at radius 2 is 1.44 bits per heavy atom. The molecule has 0 aromatic carbocycles.